The minimum atomic E-state index is -0.500. The molecule has 39 heavy (non-hydrogen) atoms. The summed E-state index contributed by atoms with van der Waals surface area (Å²) < 4.78 is 12.4. The maximum Gasteiger partial charge on any atom is 0.161 e. The molecule has 0 aromatic heterocycles. The van der Waals surface area contributed by atoms with Crippen molar-refractivity contribution >= 4 is 0 Å². The fourth-order valence-electron chi connectivity index (χ4n) is 5.65. The summed E-state index contributed by atoms with van der Waals surface area (Å²) in [6, 6.07) is 5.53. The molecular weight excluding hydrogens is 492 g/mol. The highest BCUT2D eigenvalue weighted by Gasteiger charge is 2.21. The number of hydrogen-bond donors (Lipinski definition) is 5. The number of nitrogens with two attached hydrogens (primary N) is 1. The van der Waals surface area contributed by atoms with Gasteiger partial charge >= 0.3 is 0 Å². The summed E-state index contributed by atoms with van der Waals surface area (Å²) in [5.74, 6) is 7.68. The first-order chi connectivity index (χ1) is 19.0. The average molecular weight is 539 g/mol. The Morgan fingerprint density at radius 2 is 1.97 bits per heavy atom. The Morgan fingerprint density at radius 3 is 2.79 bits per heavy atom. The molecule has 2 heterocycles. The molecule has 0 radical (unpaired) electrons. The maximum absolute atomic E-state index is 11.0. The van der Waals surface area contributed by atoms with Gasteiger partial charge < -0.3 is 35.8 Å². The lowest BCUT2D eigenvalue weighted by Gasteiger charge is -2.24. The third-order valence-electron chi connectivity index (χ3n) is 7.99. The predicted molar refractivity (Wildman–Crippen MR) is 153 cm³/mol. The monoisotopic (exact) mass is 538 g/mol. The molecule has 6 N–H and O–H groups in total. The molecule has 4 rings (SSSR count). The van der Waals surface area contributed by atoms with Crippen LogP contribution in [0.2, 0.25) is 0 Å². The SMILES string of the molecule is NC1C=C2C#C[C@@H](CCCO)CCC[C@@H](C[C@H](O)CCc3ccc(O)c(OC4CCCCC4)c3)OCC2=CN1. The van der Waals surface area contributed by atoms with Gasteiger partial charge in [-0.15, -0.1) is 0 Å². The van der Waals surface area contributed by atoms with Crippen molar-refractivity contribution in [2.24, 2.45) is 11.7 Å². The minimum absolute atomic E-state index is 0.0700. The number of hydrogen-bond acceptors (Lipinski definition) is 7. The van der Waals surface area contributed by atoms with E-state index in [-0.39, 0.29) is 36.6 Å². The Morgan fingerprint density at radius 1 is 1.13 bits per heavy atom. The third kappa shape index (κ3) is 9.58. The molecule has 0 bridgehead atoms. The van der Waals surface area contributed by atoms with Crippen LogP contribution in [-0.4, -0.2) is 53.0 Å². The summed E-state index contributed by atoms with van der Waals surface area (Å²) >= 11 is 0. The zero-order valence-electron chi connectivity index (χ0n) is 23.1. The summed E-state index contributed by atoms with van der Waals surface area (Å²) in [7, 11) is 0. The topological polar surface area (TPSA) is 117 Å². The van der Waals surface area contributed by atoms with Crippen molar-refractivity contribution in [2.45, 2.75) is 108 Å². The Bertz CT molecular complexity index is 1040. The lowest BCUT2D eigenvalue weighted by molar-refractivity contribution is 0.0165. The first-order valence-electron chi connectivity index (χ1n) is 14.8. The molecule has 1 aliphatic carbocycles. The summed E-state index contributed by atoms with van der Waals surface area (Å²) in [6.07, 6.45) is 15.1. The van der Waals surface area contributed by atoms with Gasteiger partial charge in [0.05, 0.1) is 31.1 Å². The van der Waals surface area contributed by atoms with Gasteiger partial charge in [0.2, 0.25) is 0 Å². The highest BCUT2D eigenvalue weighted by Crippen LogP contribution is 2.32. The van der Waals surface area contributed by atoms with Crippen molar-refractivity contribution in [3.63, 3.8) is 0 Å². The molecule has 0 saturated heterocycles. The number of phenolic OH excluding ortho intramolecular Hbond substituents is 1. The number of rotatable bonds is 10. The van der Waals surface area contributed by atoms with E-state index >= 15 is 0 Å². The Hall–Kier alpha value is -2.50. The molecule has 7 heteroatoms. The van der Waals surface area contributed by atoms with Gasteiger partial charge in [-0.3, -0.25) is 0 Å². The molecule has 3 aliphatic rings. The van der Waals surface area contributed by atoms with Crippen LogP contribution in [0, 0.1) is 17.8 Å². The quantitative estimate of drug-likeness (QED) is 0.280. The van der Waals surface area contributed by atoms with Gasteiger partial charge in [0.1, 0.15) is 0 Å². The van der Waals surface area contributed by atoms with Crippen LogP contribution in [0.3, 0.4) is 0 Å². The predicted octanol–water partition coefficient (Wildman–Crippen LogP) is 4.45. The number of dihydropyridines is 1. The molecule has 1 aromatic rings. The Labute approximate surface area is 233 Å². The van der Waals surface area contributed by atoms with Crippen molar-refractivity contribution in [3.05, 3.63) is 47.2 Å². The van der Waals surface area contributed by atoms with Gasteiger partial charge in [-0.2, -0.15) is 0 Å². The van der Waals surface area contributed by atoms with Crippen molar-refractivity contribution < 1.29 is 24.8 Å². The van der Waals surface area contributed by atoms with Crippen molar-refractivity contribution in [2.75, 3.05) is 13.2 Å². The van der Waals surface area contributed by atoms with E-state index < -0.39 is 6.10 Å². The zero-order chi connectivity index (χ0) is 27.5. The molecule has 7 nitrogen and oxygen atoms in total. The van der Waals surface area contributed by atoms with Crippen LogP contribution in [0.4, 0.5) is 0 Å². The van der Waals surface area contributed by atoms with Gasteiger partial charge in [0.15, 0.2) is 11.5 Å². The van der Waals surface area contributed by atoms with E-state index in [0.29, 0.717) is 31.6 Å². The molecule has 1 unspecified atom stereocenters. The summed E-state index contributed by atoms with van der Waals surface area (Å²) in [6.45, 7) is 0.590. The van der Waals surface area contributed by atoms with E-state index in [0.717, 1.165) is 61.7 Å². The lowest BCUT2D eigenvalue weighted by Crippen LogP contribution is -2.35. The molecule has 0 amide bonds. The second kappa shape index (κ2) is 15.3. The Balaban J connectivity index is 1.33. The second-order valence-corrected chi connectivity index (χ2v) is 11.2. The highest BCUT2D eigenvalue weighted by molar-refractivity contribution is 5.48. The van der Waals surface area contributed by atoms with Crippen LogP contribution in [0.5, 0.6) is 11.5 Å². The molecule has 4 atom stereocenters. The number of aromatic hydroxyl groups is 1. The second-order valence-electron chi connectivity index (χ2n) is 11.2. The van der Waals surface area contributed by atoms with E-state index in [1.54, 1.807) is 6.07 Å². The van der Waals surface area contributed by atoms with Gasteiger partial charge in [-0.1, -0.05) is 24.3 Å². The van der Waals surface area contributed by atoms with Crippen LogP contribution < -0.4 is 15.8 Å². The van der Waals surface area contributed by atoms with Crippen molar-refractivity contribution in [1.29, 1.82) is 0 Å². The number of aryl methyl sites for hydroxylation is 1. The van der Waals surface area contributed by atoms with E-state index in [4.69, 9.17) is 15.2 Å². The first-order valence-corrected chi connectivity index (χ1v) is 14.8. The molecule has 1 fully saturated rings. The number of aliphatic hydroxyl groups excluding tert-OH is 2. The molecule has 1 aromatic carbocycles. The van der Waals surface area contributed by atoms with Gasteiger partial charge in [0.25, 0.3) is 0 Å². The molecule has 1 saturated carbocycles. The van der Waals surface area contributed by atoms with E-state index in [1.165, 1.54) is 19.3 Å². The van der Waals surface area contributed by atoms with Crippen LogP contribution in [0.1, 0.15) is 82.6 Å². The summed E-state index contributed by atoms with van der Waals surface area (Å²) in [5, 5.41) is 33.7. The number of benzene rings is 1. The average Bonchev–Trinajstić information content (AvgIpc) is 2.97. The number of aliphatic hydroxyl groups is 2. The largest absolute Gasteiger partial charge is 0.504 e. The zero-order valence-corrected chi connectivity index (χ0v) is 23.1. The standard InChI is InChI=1S/C32H46N2O5/c33-32-19-25-14-11-23(7-5-17-35)6-4-10-29(38-22-26(25)21-34-32)20-27(36)15-12-24-13-16-30(37)31(18-24)39-28-8-2-1-3-9-28/h13,16,18-19,21,23,27-29,32,34-37H,1-10,12,15,17,20,22,33H2/t23-,27-,29+,32?/m1/s1. The van der Waals surface area contributed by atoms with Gasteiger partial charge in [-0.05, 0) is 101 Å². The third-order valence-corrected chi connectivity index (χ3v) is 7.99. The smallest absolute Gasteiger partial charge is 0.161 e. The molecular formula is C32H46N2O5. The van der Waals surface area contributed by atoms with Crippen LogP contribution in [0.25, 0.3) is 0 Å². The number of phenols is 1. The van der Waals surface area contributed by atoms with Crippen LogP contribution in [0.15, 0.2) is 41.6 Å². The van der Waals surface area contributed by atoms with Crippen LogP contribution in [-0.2, 0) is 11.2 Å². The van der Waals surface area contributed by atoms with E-state index in [9.17, 15) is 15.3 Å². The van der Waals surface area contributed by atoms with Gasteiger partial charge in [0, 0.05) is 29.9 Å². The van der Waals surface area contributed by atoms with Crippen molar-refractivity contribution in [1.82, 2.24) is 5.32 Å². The number of nitrogens with one attached hydrogen (secondary N) is 1. The number of ether oxygens (including phenoxy) is 2. The van der Waals surface area contributed by atoms with Gasteiger partial charge in [-0.25, -0.2) is 0 Å². The fraction of sp³-hybridized carbons (Fsp3) is 0.625. The van der Waals surface area contributed by atoms with E-state index in [2.05, 4.69) is 17.2 Å². The minimum Gasteiger partial charge on any atom is -0.504 e. The van der Waals surface area contributed by atoms with Crippen LogP contribution >= 0.6 is 0 Å². The highest BCUT2D eigenvalue weighted by atomic mass is 16.5. The summed E-state index contributed by atoms with van der Waals surface area (Å²) in [5.41, 5.74) is 8.98. The number of fused-ring (bicyclic) bond motifs is 1. The first kappa shape index (κ1) is 29.5. The molecule has 214 valence electrons. The molecule has 2 aliphatic heterocycles. The normalized spacial score (nSPS) is 25.1. The van der Waals surface area contributed by atoms with E-state index in [1.807, 2.05) is 24.4 Å². The Kier molecular flexibility index (Phi) is 11.6. The van der Waals surface area contributed by atoms with Crippen molar-refractivity contribution in [3.8, 4) is 23.3 Å². The summed E-state index contributed by atoms with van der Waals surface area (Å²) in [4.78, 5) is 0. The fourth-order valence-corrected chi connectivity index (χ4v) is 5.65. The lowest BCUT2D eigenvalue weighted by atomic mass is 9.94. The molecule has 0 spiro atoms. The maximum atomic E-state index is 11.0.